The highest BCUT2D eigenvalue weighted by Gasteiger charge is 2.19. The maximum Gasteiger partial charge on any atom is 0.306 e. The van der Waals surface area contributed by atoms with E-state index in [0.717, 1.165) is 122 Å². The molecule has 6 nitrogen and oxygen atoms in total. The van der Waals surface area contributed by atoms with E-state index in [2.05, 4.69) is 118 Å². The Morgan fingerprint density at radius 3 is 0.762 bits per heavy atom. The van der Waals surface area contributed by atoms with Crippen LogP contribution in [0.4, 0.5) is 0 Å². The van der Waals surface area contributed by atoms with Crippen LogP contribution in [0.25, 0.3) is 0 Å². The average Bonchev–Trinajstić information content (AvgIpc) is 3.46. The normalized spacial score (nSPS) is 12.7. The fraction of sp³-hybridized carbons (Fsp3) is 0.743. The van der Waals surface area contributed by atoms with Crippen LogP contribution in [0, 0.1) is 0 Å². The molecule has 460 valence electrons. The summed E-state index contributed by atoms with van der Waals surface area (Å²) in [6, 6.07) is 0. The number of allylic oxidation sites excluding steroid dienone is 16. The lowest BCUT2D eigenvalue weighted by atomic mass is 10.0. The molecule has 0 radical (unpaired) electrons. The largest absolute Gasteiger partial charge is 0.462 e. The lowest BCUT2D eigenvalue weighted by Crippen LogP contribution is -2.30. The standard InChI is InChI=1S/C74H128O6/c1-4-7-10-13-16-19-22-25-28-31-34-36-38-40-43-46-49-52-55-58-61-64-67-73(76)79-70-71(69-78-72(75)66-63-60-57-54-51-48-45-42-39-33-30-27-24-21-18-15-12-9-6-3)80-74(77)68-65-62-59-56-53-50-47-44-41-37-35-32-29-26-23-20-17-14-11-8-5-2/h8-9,11-12,17-18,20-21,26-27,29-30,35,37,39,42,71H,4-7,10,13-16,19,22-25,28,31-34,36,38,40-41,43-70H2,1-3H3/b11-8-,12-9-,20-17-,21-18-,29-26-,30-27-,37-35-,42-39-. The van der Waals surface area contributed by atoms with Gasteiger partial charge in [0.2, 0.25) is 0 Å². The highest BCUT2D eigenvalue weighted by Crippen LogP contribution is 2.17. The summed E-state index contributed by atoms with van der Waals surface area (Å²) in [5.74, 6) is -0.889. The first-order valence-corrected chi connectivity index (χ1v) is 34.2. The van der Waals surface area contributed by atoms with Crippen LogP contribution < -0.4 is 0 Å². The van der Waals surface area contributed by atoms with E-state index in [1.165, 1.54) is 173 Å². The Hall–Kier alpha value is -3.67. The van der Waals surface area contributed by atoms with Crippen LogP contribution in [-0.4, -0.2) is 37.2 Å². The summed E-state index contributed by atoms with van der Waals surface area (Å²) < 4.78 is 17.0. The van der Waals surface area contributed by atoms with Gasteiger partial charge in [0.15, 0.2) is 6.10 Å². The summed E-state index contributed by atoms with van der Waals surface area (Å²) in [4.78, 5) is 38.5. The van der Waals surface area contributed by atoms with Crippen LogP contribution in [0.15, 0.2) is 97.2 Å². The number of rotatable bonds is 62. The fourth-order valence-electron chi connectivity index (χ4n) is 9.78. The summed E-state index contributed by atoms with van der Waals surface area (Å²) >= 11 is 0. The molecule has 0 bridgehead atoms. The van der Waals surface area contributed by atoms with Crippen molar-refractivity contribution in [2.75, 3.05) is 13.2 Å². The van der Waals surface area contributed by atoms with Gasteiger partial charge in [0.25, 0.3) is 0 Å². The number of carbonyl (C=O) groups is 3. The summed E-state index contributed by atoms with van der Waals surface area (Å²) in [5, 5.41) is 0. The zero-order valence-corrected chi connectivity index (χ0v) is 52.8. The second-order valence-electron chi connectivity index (χ2n) is 22.7. The van der Waals surface area contributed by atoms with E-state index in [0.29, 0.717) is 19.3 Å². The third-order valence-electron chi connectivity index (χ3n) is 14.8. The number of hydrogen-bond acceptors (Lipinski definition) is 6. The molecule has 0 heterocycles. The highest BCUT2D eigenvalue weighted by molar-refractivity contribution is 5.71. The molecule has 6 heteroatoms. The van der Waals surface area contributed by atoms with E-state index in [9.17, 15) is 14.4 Å². The average molecular weight is 1110 g/mol. The molecule has 0 aromatic carbocycles. The maximum atomic E-state index is 13.0. The van der Waals surface area contributed by atoms with E-state index in [1.807, 2.05) is 0 Å². The van der Waals surface area contributed by atoms with Crippen LogP contribution >= 0.6 is 0 Å². The number of unbranched alkanes of at least 4 members (excludes halogenated alkanes) is 35. The summed E-state index contributed by atoms with van der Waals surface area (Å²) in [5.41, 5.74) is 0. The van der Waals surface area contributed by atoms with Crippen molar-refractivity contribution < 1.29 is 28.6 Å². The molecular weight excluding hydrogens is 985 g/mol. The number of esters is 3. The van der Waals surface area contributed by atoms with Crippen molar-refractivity contribution in [2.45, 2.75) is 341 Å². The van der Waals surface area contributed by atoms with Crippen molar-refractivity contribution in [3.63, 3.8) is 0 Å². The Kier molecular flexibility index (Phi) is 64.7. The number of carbonyl (C=O) groups excluding carboxylic acids is 3. The quantitative estimate of drug-likeness (QED) is 0.0261. The van der Waals surface area contributed by atoms with E-state index in [1.54, 1.807) is 0 Å². The number of ether oxygens (including phenoxy) is 3. The second-order valence-corrected chi connectivity index (χ2v) is 22.7. The smallest absolute Gasteiger partial charge is 0.306 e. The minimum absolute atomic E-state index is 0.0830. The van der Waals surface area contributed by atoms with E-state index in [-0.39, 0.29) is 31.1 Å². The predicted octanol–water partition coefficient (Wildman–Crippen LogP) is 23.6. The van der Waals surface area contributed by atoms with E-state index >= 15 is 0 Å². The maximum absolute atomic E-state index is 13.0. The molecule has 0 saturated carbocycles. The van der Waals surface area contributed by atoms with Crippen molar-refractivity contribution in [1.29, 1.82) is 0 Å². The van der Waals surface area contributed by atoms with Crippen LogP contribution in [-0.2, 0) is 28.6 Å². The van der Waals surface area contributed by atoms with Crippen LogP contribution in [0.3, 0.4) is 0 Å². The van der Waals surface area contributed by atoms with Gasteiger partial charge in [0.1, 0.15) is 13.2 Å². The second kappa shape index (κ2) is 67.8. The highest BCUT2D eigenvalue weighted by atomic mass is 16.6. The Bertz CT molecular complexity index is 1560. The lowest BCUT2D eigenvalue weighted by Gasteiger charge is -2.18. The summed E-state index contributed by atoms with van der Waals surface area (Å²) in [6.07, 6.45) is 91.3. The molecule has 1 atom stereocenters. The molecule has 0 aliphatic carbocycles. The predicted molar refractivity (Wildman–Crippen MR) is 348 cm³/mol. The minimum atomic E-state index is -0.790. The first-order chi connectivity index (χ1) is 39.5. The molecule has 1 unspecified atom stereocenters. The third-order valence-corrected chi connectivity index (χ3v) is 14.8. The van der Waals surface area contributed by atoms with Gasteiger partial charge in [0.05, 0.1) is 0 Å². The topological polar surface area (TPSA) is 78.9 Å². The van der Waals surface area contributed by atoms with E-state index < -0.39 is 6.10 Å². The molecule has 0 aliphatic rings. The van der Waals surface area contributed by atoms with Crippen molar-refractivity contribution in [2.24, 2.45) is 0 Å². The molecule has 0 amide bonds. The molecule has 0 saturated heterocycles. The summed E-state index contributed by atoms with van der Waals surface area (Å²) in [6.45, 7) is 6.44. The molecule has 0 N–H and O–H groups in total. The molecule has 0 aromatic rings. The molecule has 0 aliphatic heterocycles. The molecule has 80 heavy (non-hydrogen) atoms. The zero-order valence-electron chi connectivity index (χ0n) is 52.8. The van der Waals surface area contributed by atoms with Crippen LogP contribution in [0.2, 0.25) is 0 Å². The van der Waals surface area contributed by atoms with Gasteiger partial charge < -0.3 is 14.2 Å². The first kappa shape index (κ1) is 76.3. The number of hydrogen-bond donors (Lipinski definition) is 0. The lowest BCUT2D eigenvalue weighted by molar-refractivity contribution is -0.167. The third kappa shape index (κ3) is 65.1. The Labute approximate surface area is 496 Å². The van der Waals surface area contributed by atoms with Gasteiger partial charge in [-0.1, -0.05) is 317 Å². The van der Waals surface area contributed by atoms with Gasteiger partial charge in [-0.25, -0.2) is 0 Å². The monoisotopic (exact) mass is 1110 g/mol. The SMILES string of the molecule is CC/C=C\C/C=C\C/C=C\C/C=C\CCCCCCCCCCC(=O)OC(COC(=O)CCCCCCCC/C=C\C/C=C\C/C=C\C/C=C\CC)COC(=O)CCCCCCCCCCCCCCCCCCCCCCCC. The van der Waals surface area contributed by atoms with Crippen LogP contribution in [0.1, 0.15) is 335 Å². The minimum Gasteiger partial charge on any atom is -0.462 e. The molecular formula is C74H128O6. The molecule has 0 fully saturated rings. The van der Waals surface area contributed by atoms with Crippen molar-refractivity contribution in [3.05, 3.63) is 97.2 Å². The summed E-state index contributed by atoms with van der Waals surface area (Å²) in [7, 11) is 0. The molecule has 0 aromatic heterocycles. The van der Waals surface area contributed by atoms with Gasteiger partial charge in [-0.3, -0.25) is 14.4 Å². The molecule has 0 spiro atoms. The fourth-order valence-corrected chi connectivity index (χ4v) is 9.78. The Morgan fingerprint density at radius 2 is 0.487 bits per heavy atom. The van der Waals surface area contributed by atoms with Gasteiger partial charge in [-0.2, -0.15) is 0 Å². The van der Waals surface area contributed by atoms with Crippen LogP contribution in [0.5, 0.6) is 0 Å². The zero-order chi connectivity index (χ0) is 57.8. The molecule has 0 rings (SSSR count). The van der Waals surface area contributed by atoms with Gasteiger partial charge in [-0.05, 0) is 96.3 Å². The first-order valence-electron chi connectivity index (χ1n) is 34.2. The van der Waals surface area contributed by atoms with E-state index in [4.69, 9.17) is 14.2 Å². The van der Waals surface area contributed by atoms with Crippen molar-refractivity contribution in [3.8, 4) is 0 Å². The Morgan fingerprint density at radius 1 is 0.263 bits per heavy atom. The van der Waals surface area contributed by atoms with Crippen molar-refractivity contribution >= 4 is 17.9 Å². The van der Waals surface area contributed by atoms with Gasteiger partial charge >= 0.3 is 17.9 Å². The Balaban J connectivity index is 4.39. The van der Waals surface area contributed by atoms with Crippen molar-refractivity contribution in [1.82, 2.24) is 0 Å². The van der Waals surface area contributed by atoms with Gasteiger partial charge in [-0.15, -0.1) is 0 Å². The van der Waals surface area contributed by atoms with Gasteiger partial charge in [0, 0.05) is 19.3 Å².